The minimum absolute atomic E-state index is 0.00502. The van der Waals surface area contributed by atoms with Crippen molar-refractivity contribution in [3.8, 4) is 0 Å². The molecule has 2 amide bonds. The predicted octanol–water partition coefficient (Wildman–Crippen LogP) is 4.04. The monoisotopic (exact) mass is 362 g/mol. The fraction of sp³-hybridized carbons (Fsp3) is 0.909. The van der Waals surface area contributed by atoms with E-state index in [-0.39, 0.29) is 23.1 Å². The zero-order chi connectivity index (χ0) is 18.7. The average molecular weight is 363 g/mol. The van der Waals surface area contributed by atoms with Crippen molar-refractivity contribution in [2.45, 2.75) is 91.0 Å². The summed E-state index contributed by atoms with van der Waals surface area (Å²) in [7, 11) is 0. The Balaban J connectivity index is 1.56. The molecule has 4 nitrogen and oxygen atoms in total. The highest BCUT2D eigenvalue weighted by Gasteiger charge is 2.55. The molecule has 0 radical (unpaired) electrons. The van der Waals surface area contributed by atoms with Gasteiger partial charge in [0.2, 0.25) is 11.8 Å². The second-order valence-electron chi connectivity index (χ2n) is 9.74. The molecular weight excluding hydrogens is 324 g/mol. The Morgan fingerprint density at radius 2 is 1.54 bits per heavy atom. The summed E-state index contributed by atoms with van der Waals surface area (Å²) in [5, 5.41) is 6.22. The van der Waals surface area contributed by atoms with Gasteiger partial charge in [0.05, 0.1) is 0 Å². The largest absolute Gasteiger partial charge is 0.354 e. The van der Waals surface area contributed by atoms with E-state index in [1.165, 1.54) is 32.1 Å². The second kappa shape index (κ2) is 8.31. The highest BCUT2D eigenvalue weighted by Crippen LogP contribution is 2.60. The SMILES string of the molecule is CCCCCCNC(=O)C(NC(=O)C12CC3CC(CC(C3)C1)C2)C(C)C. The van der Waals surface area contributed by atoms with Gasteiger partial charge in [-0.2, -0.15) is 0 Å². The third kappa shape index (κ3) is 4.26. The summed E-state index contributed by atoms with van der Waals surface area (Å²) in [4.78, 5) is 25.9. The molecule has 4 aliphatic carbocycles. The van der Waals surface area contributed by atoms with Crippen molar-refractivity contribution in [1.29, 1.82) is 0 Å². The maximum Gasteiger partial charge on any atom is 0.242 e. The van der Waals surface area contributed by atoms with Crippen LogP contribution in [0.4, 0.5) is 0 Å². The van der Waals surface area contributed by atoms with Gasteiger partial charge in [-0.05, 0) is 68.6 Å². The summed E-state index contributed by atoms with van der Waals surface area (Å²) >= 11 is 0. The first-order valence-corrected chi connectivity index (χ1v) is 11.0. The average Bonchev–Trinajstić information content (AvgIpc) is 2.57. The topological polar surface area (TPSA) is 58.2 Å². The Labute approximate surface area is 159 Å². The molecule has 4 heteroatoms. The van der Waals surface area contributed by atoms with E-state index in [1.807, 2.05) is 13.8 Å². The fourth-order valence-corrected chi connectivity index (χ4v) is 6.09. The smallest absolute Gasteiger partial charge is 0.242 e. The van der Waals surface area contributed by atoms with Crippen molar-refractivity contribution in [3.63, 3.8) is 0 Å². The number of hydrogen-bond donors (Lipinski definition) is 2. The Morgan fingerprint density at radius 1 is 0.962 bits per heavy atom. The third-order valence-electron chi connectivity index (χ3n) is 7.09. The summed E-state index contributed by atoms with van der Waals surface area (Å²) in [6, 6.07) is -0.401. The van der Waals surface area contributed by atoms with Crippen LogP contribution in [0.25, 0.3) is 0 Å². The number of rotatable bonds is 9. The lowest BCUT2D eigenvalue weighted by Gasteiger charge is -2.55. The summed E-state index contributed by atoms with van der Waals surface area (Å²) < 4.78 is 0. The molecular formula is C22H38N2O2. The van der Waals surface area contributed by atoms with E-state index in [2.05, 4.69) is 17.6 Å². The van der Waals surface area contributed by atoms with Gasteiger partial charge >= 0.3 is 0 Å². The number of hydrogen-bond acceptors (Lipinski definition) is 2. The van der Waals surface area contributed by atoms with E-state index >= 15 is 0 Å². The van der Waals surface area contributed by atoms with Gasteiger partial charge in [0.15, 0.2) is 0 Å². The molecule has 4 bridgehead atoms. The number of unbranched alkanes of at least 4 members (excludes halogenated alkanes) is 3. The lowest BCUT2D eigenvalue weighted by Crippen LogP contribution is -2.58. The van der Waals surface area contributed by atoms with Crippen LogP contribution in [0.1, 0.15) is 85.0 Å². The molecule has 4 aliphatic rings. The molecule has 0 aromatic carbocycles. The van der Waals surface area contributed by atoms with Gasteiger partial charge in [-0.1, -0.05) is 40.0 Å². The normalized spacial score (nSPS) is 33.3. The Hall–Kier alpha value is -1.06. The summed E-state index contributed by atoms with van der Waals surface area (Å²) in [6.07, 6.45) is 11.7. The van der Waals surface area contributed by atoms with Crippen LogP contribution in [0.15, 0.2) is 0 Å². The molecule has 0 saturated heterocycles. The van der Waals surface area contributed by atoms with Gasteiger partial charge in [0.1, 0.15) is 6.04 Å². The summed E-state index contributed by atoms with van der Waals surface area (Å²) in [5.74, 6) is 2.51. The quantitative estimate of drug-likeness (QED) is 0.608. The van der Waals surface area contributed by atoms with Crippen molar-refractivity contribution < 1.29 is 9.59 Å². The van der Waals surface area contributed by atoms with Crippen molar-refractivity contribution in [1.82, 2.24) is 10.6 Å². The minimum Gasteiger partial charge on any atom is -0.354 e. The van der Waals surface area contributed by atoms with Gasteiger partial charge in [-0.25, -0.2) is 0 Å². The lowest BCUT2D eigenvalue weighted by atomic mass is 9.49. The van der Waals surface area contributed by atoms with E-state index in [9.17, 15) is 9.59 Å². The van der Waals surface area contributed by atoms with Gasteiger partial charge in [0, 0.05) is 12.0 Å². The van der Waals surface area contributed by atoms with E-state index in [0.717, 1.165) is 56.4 Å². The highest BCUT2D eigenvalue weighted by atomic mass is 16.2. The molecule has 1 atom stereocenters. The first-order valence-electron chi connectivity index (χ1n) is 11.0. The van der Waals surface area contributed by atoms with Gasteiger partial charge in [-0.3, -0.25) is 9.59 Å². The van der Waals surface area contributed by atoms with Gasteiger partial charge in [0.25, 0.3) is 0 Å². The predicted molar refractivity (Wildman–Crippen MR) is 105 cm³/mol. The first-order chi connectivity index (χ1) is 12.4. The number of nitrogens with one attached hydrogen (secondary N) is 2. The summed E-state index contributed by atoms with van der Waals surface area (Å²) in [6.45, 7) is 6.96. The maximum atomic E-state index is 13.2. The first kappa shape index (κ1) is 19.7. The lowest BCUT2D eigenvalue weighted by molar-refractivity contribution is -0.149. The van der Waals surface area contributed by atoms with E-state index in [0.29, 0.717) is 0 Å². The van der Waals surface area contributed by atoms with E-state index in [1.54, 1.807) is 0 Å². The van der Waals surface area contributed by atoms with Crippen LogP contribution in [0.5, 0.6) is 0 Å². The minimum atomic E-state index is -0.401. The molecule has 148 valence electrons. The molecule has 4 saturated carbocycles. The van der Waals surface area contributed by atoms with Crippen molar-refractivity contribution in [2.24, 2.45) is 29.1 Å². The van der Waals surface area contributed by atoms with Crippen molar-refractivity contribution in [2.75, 3.05) is 6.54 Å². The Bertz CT molecular complexity index is 479. The Morgan fingerprint density at radius 3 is 2.04 bits per heavy atom. The van der Waals surface area contributed by atoms with Gasteiger partial charge < -0.3 is 10.6 Å². The van der Waals surface area contributed by atoms with Crippen molar-refractivity contribution >= 4 is 11.8 Å². The molecule has 0 aliphatic heterocycles. The van der Waals surface area contributed by atoms with Gasteiger partial charge in [-0.15, -0.1) is 0 Å². The maximum absolute atomic E-state index is 13.2. The van der Waals surface area contributed by atoms with Crippen LogP contribution < -0.4 is 10.6 Å². The van der Waals surface area contributed by atoms with Crippen LogP contribution >= 0.6 is 0 Å². The molecule has 2 N–H and O–H groups in total. The standard InChI is InChI=1S/C22H38N2O2/c1-4-5-6-7-8-23-20(25)19(15(2)3)24-21(26)22-12-16-9-17(13-22)11-18(10-16)14-22/h15-19H,4-14H2,1-3H3,(H,23,25)(H,24,26). The van der Waals surface area contributed by atoms with E-state index < -0.39 is 6.04 Å². The molecule has 1 unspecified atom stereocenters. The zero-order valence-corrected chi connectivity index (χ0v) is 17.0. The number of carbonyl (C=O) groups is 2. The molecule has 26 heavy (non-hydrogen) atoms. The zero-order valence-electron chi connectivity index (χ0n) is 17.0. The highest BCUT2D eigenvalue weighted by molar-refractivity contribution is 5.90. The van der Waals surface area contributed by atoms with E-state index in [4.69, 9.17) is 0 Å². The second-order valence-corrected chi connectivity index (χ2v) is 9.74. The fourth-order valence-electron chi connectivity index (χ4n) is 6.09. The molecule has 0 spiro atoms. The molecule has 4 rings (SSSR count). The van der Waals surface area contributed by atoms with Crippen LogP contribution in [0, 0.1) is 29.1 Å². The van der Waals surface area contributed by atoms with Crippen LogP contribution in [0.3, 0.4) is 0 Å². The summed E-state index contributed by atoms with van der Waals surface area (Å²) in [5.41, 5.74) is -0.177. The van der Waals surface area contributed by atoms with Crippen LogP contribution in [-0.4, -0.2) is 24.4 Å². The number of amides is 2. The van der Waals surface area contributed by atoms with Crippen molar-refractivity contribution in [3.05, 3.63) is 0 Å². The number of carbonyl (C=O) groups excluding carboxylic acids is 2. The Kier molecular flexibility index (Phi) is 6.29. The molecule has 0 aromatic heterocycles. The molecule has 4 fully saturated rings. The molecule has 0 aromatic rings. The third-order valence-corrected chi connectivity index (χ3v) is 7.09. The molecule has 0 heterocycles. The van der Waals surface area contributed by atoms with Crippen LogP contribution in [0.2, 0.25) is 0 Å². The van der Waals surface area contributed by atoms with Crippen LogP contribution in [-0.2, 0) is 9.59 Å².